The Hall–Kier alpha value is -1.26. The molecule has 1 atom stereocenters. The third kappa shape index (κ3) is 3.85. The van der Waals surface area contributed by atoms with Gasteiger partial charge in [0.2, 0.25) is 5.12 Å². The van der Waals surface area contributed by atoms with E-state index in [0.29, 0.717) is 12.2 Å². The molecule has 1 aromatic carbocycles. The van der Waals surface area contributed by atoms with E-state index in [1.807, 2.05) is 26.0 Å². The molecule has 3 nitrogen and oxygen atoms in total. The molecule has 1 heterocycles. The highest BCUT2D eigenvalue weighted by Gasteiger charge is 2.23. The normalized spacial score (nSPS) is 17.1. The van der Waals surface area contributed by atoms with E-state index >= 15 is 0 Å². The minimum Gasteiger partial charge on any atom is -0.491 e. The van der Waals surface area contributed by atoms with Crippen molar-refractivity contribution in [2.75, 3.05) is 13.2 Å². The number of carbonyl (C=O) groups is 1. The molecule has 1 aromatic rings. The monoisotopic (exact) mass is 278 g/mol. The Morgan fingerprint density at radius 2 is 2.16 bits per heavy atom. The lowest BCUT2D eigenvalue weighted by molar-refractivity contribution is -0.107. The third-order valence-electron chi connectivity index (χ3n) is 2.85. The number of carbonyl (C=O) groups excluding carboxylic acids is 1. The van der Waals surface area contributed by atoms with Crippen LogP contribution in [0.4, 0.5) is 0 Å². The summed E-state index contributed by atoms with van der Waals surface area (Å²) in [4.78, 5) is 12.7. The minimum absolute atomic E-state index is 0.00236. The first-order valence-corrected chi connectivity index (χ1v) is 7.02. The Morgan fingerprint density at radius 1 is 1.47 bits per heavy atom. The Bertz CT molecular complexity index is 518. The lowest BCUT2D eigenvalue weighted by Crippen LogP contribution is -2.05. The Kier molecular flexibility index (Phi) is 4.32. The van der Waals surface area contributed by atoms with Crippen LogP contribution in [0.15, 0.2) is 29.2 Å². The van der Waals surface area contributed by atoms with Gasteiger partial charge in [0.05, 0.1) is 6.61 Å². The lowest BCUT2D eigenvalue weighted by Gasteiger charge is -2.12. The smallest absolute Gasteiger partial charge is 0.219 e. The molecule has 1 unspecified atom stereocenters. The van der Waals surface area contributed by atoms with Gasteiger partial charge in [-0.1, -0.05) is 6.58 Å². The van der Waals surface area contributed by atoms with Crippen LogP contribution in [0.3, 0.4) is 0 Å². The van der Waals surface area contributed by atoms with E-state index in [-0.39, 0.29) is 11.2 Å². The molecule has 1 aliphatic rings. The van der Waals surface area contributed by atoms with Crippen molar-refractivity contribution in [3.8, 4) is 5.75 Å². The molecule has 0 aliphatic carbocycles. The summed E-state index contributed by atoms with van der Waals surface area (Å²) >= 11 is 1.22. The SMILES string of the molecule is C=C(C)C(=O)Sc1cc(C)c(OCC2CO2)cc1C. The van der Waals surface area contributed by atoms with Crippen LogP contribution in [0.5, 0.6) is 5.75 Å². The summed E-state index contributed by atoms with van der Waals surface area (Å²) in [7, 11) is 0. The van der Waals surface area contributed by atoms with Crippen molar-refractivity contribution in [1.82, 2.24) is 0 Å². The van der Waals surface area contributed by atoms with Crippen molar-refractivity contribution in [2.24, 2.45) is 0 Å². The van der Waals surface area contributed by atoms with Gasteiger partial charge in [0.25, 0.3) is 0 Å². The summed E-state index contributed by atoms with van der Waals surface area (Å²) in [5, 5.41) is 0.00236. The quantitative estimate of drug-likeness (QED) is 0.471. The van der Waals surface area contributed by atoms with E-state index in [2.05, 4.69) is 6.58 Å². The van der Waals surface area contributed by atoms with E-state index in [1.54, 1.807) is 6.92 Å². The van der Waals surface area contributed by atoms with Crippen LogP contribution in [0.1, 0.15) is 18.1 Å². The molecule has 0 N–H and O–H groups in total. The van der Waals surface area contributed by atoms with Crippen LogP contribution in [0.25, 0.3) is 0 Å². The van der Waals surface area contributed by atoms with Gasteiger partial charge in [-0.25, -0.2) is 0 Å². The van der Waals surface area contributed by atoms with Crippen molar-refractivity contribution in [2.45, 2.75) is 31.8 Å². The van der Waals surface area contributed by atoms with Crippen molar-refractivity contribution in [3.63, 3.8) is 0 Å². The summed E-state index contributed by atoms with van der Waals surface area (Å²) in [6.45, 7) is 10.7. The van der Waals surface area contributed by atoms with Gasteiger partial charge >= 0.3 is 0 Å². The zero-order valence-electron chi connectivity index (χ0n) is 11.5. The fraction of sp³-hybridized carbons (Fsp3) is 0.400. The predicted octanol–water partition coefficient (Wildman–Crippen LogP) is 3.28. The first-order valence-electron chi connectivity index (χ1n) is 6.20. The Labute approximate surface area is 118 Å². The molecule has 0 spiro atoms. The second kappa shape index (κ2) is 5.80. The number of epoxide rings is 1. The molecule has 2 rings (SSSR count). The molecule has 19 heavy (non-hydrogen) atoms. The molecule has 1 fully saturated rings. The highest BCUT2D eigenvalue weighted by molar-refractivity contribution is 8.14. The predicted molar refractivity (Wildman–Crippen MR) is 76.8 cm³/mol. The molecule has 1 aliphatic heterocycles. The maximum Gasteiger partial charge on any atom is 0.219 e. The average molecular weight is 278 g/mol. The van der Waals surface area contributed by atoms with Gasteiger partial charge in [-0.3, -0.25) is 4.79 Å². The molecule has 0 bridgehead atoms. The molecule has 0 aromatic heterocycles. The standard InChI is InChI=1S/C15H18O3S/c1-9(2)15(16)19-14-6-10(3)13(5-11(14)4)18-8-12-7-17-12/h5-6,12H,1,7-8H2,2-4H3. The van der Waals surface area contributed by atoms with Crippen LogP contribution in [-0.2, 0) is 9.53 Å². The summed E-state index contributed by atoms with van der Waals surface area (Å²) in [5.74, 6) is 0.861. The van der Waals surface area contributed by atoms with Crippen molar-refractivity contribution in [1.29, 1.82) is 0 Å². The first-order chi connectivity index (χ1) is 8.97. The van der Waals surface area contributed by atoms with Crippen LogP contribution >= 0.6 is 11.8 Å². The van der Waals surface area contributed by atoms with Crippen LogP contribution in [0.2, 0.25) is 0 Å². The van der Waals surface area contributed by atoms with Gasteiger partial charge in [0.1, 0.15) is 18.5 Å². The second-order valence-electron chi connectivity index (χ2n) is 4.82. The number of hydrogen-bond donors (Lipinski definition) is 0. The summed E-state index contributed by atoms with van der Waals surface area (Å²) in [6.07, 6.45) is 0.249. The number of ether oxygens (including phenoxy) is 2. The molecule has 4 heteroatoms. The van der Waals surface area contributed by atoms with Gasteiger partial charge < -0.3 is 9.47 Å². The van der Waals surface area contributed by atoms with Crippen LogP contribution < -0.4 is 4.74 Å². The topological polar surface area (TPSA) is 38.8 Å². The molecule has 0 saturated carbocycles. The molecular formula is C15H18O3S. The lowest BCUT2D eigenvalue weighted by atomic mass is 10.1. The second-order valence-corrected chi connectivity index (χ2v) is 5.83. The van der Waals surface area contributed by atoms with Crippen molar-refractivity contribution >= 4 is 16.9 Å². The van der Waals surface area contributed by atoms with Gasteiger partial charge in [-0.2, -0.15) is 0 Å². The zero-order valence-corrected chi connectivity index (χ0v) is 12.3. The van der Waals surface area contributed by atoms with E-state index in [4.69, 9.17) is 9.47 Å². The zero-order chi connectivity index (χ0) is 14.0. The number of benzene rings is 1. The Morgan fingerprint density at radius 3 is 2.74 bits per heavy atom. The van der Waals surface area contributed by atoms with Gasteiger partial charge in [-0.05, 0) is 61.4 Å². The van der Waals surface area contributed by atoms with E-state index in [9.17, 15) is 4.79 Å². The van der Waals surface area contributed by atoms with Crippen LogP contribution in [-0.4, -0.2) is 24.4 Å². The Balaban J connectivity index is 2.10. The fourth-order valence-corrected chi connectivity index (χ4v) is 2.39. The average Bonchev–Trinajstić information content (AvgIpc) is 3.15. The number of aryl methyl sites for hydroxylation is 2. The maximum absolute atomic E-state index is 11.7. The molecular weight excluding hydrogens is 260 g/mol. The maximum atomic E-state index is 11.7. The first kappa shape index (κ1) is 14.2. The molecule has 0 amide bonds. The summed E-state index contributed by atoms with van der Waals surface area (Å²) < 4.78 is 10.8. The number of rotatable bonds is 5. The number of thioether (sulfide) groups is 1. The van der Waals surface area contributed by atoms with Gasteiger partial charge in [0.15, 0.2) is 0 Å². The molecule has 1 saturated heterocycles. The molecule has 0 radical (unpaired) electrons. The van der Waals surface area contributed by atoms with E-state index < -0.39 is 0 Å². The van der Waals surface area contributed by atoms with Crippen LogP contribution in [0, 0.1) is 13.8 Å². The minimum atomic E-state index is 0.00236. The highest BCUT2D eigenvalue weighted by Crippen LogP contribution is 2.31. The van der Waals surface area contributed by atoms with E-state index in [1.165, 1.54) is 11.8 Å². The molecule has 102 valence electrons. The summed E-state index contributed by atoms with van der Waals surface area (Å²) in [6, 6.07) is 3.97. The highest BCUT2D eigenvalue weighted by atomic mass is 32.2. The summed E-state index contributed by atoms with van der Waals surface area (Å²) in [5.41, 5.74) is 2.63. The number of hydrogen-bond acceptors (Lipinski definition) is 4. The third-order valence-corrected chi connectivity index (χ3v) is 4.04. The largest absolute Gasteiger partial charge is 0.491 e. The van der Waals surface area contributed by atoms with E-state index in [0.717, 1.165) is 28.4 Å². The van der Waals surface area contributed by atoms with Crippen molar-refractivity contribution in [3.05, 3.63) is 35.4 Å². The van der Waals surface area contributed by atoms with Gasteiger partial charge in [-0.15, -0.1) is 0 Å². The van der Waals surface area contributed by atoms with Crippen molar-refractivity contribution < 1.29 is 14.3 Å². The fourth-order valence-electron chi connectivity index (χ4n) is 1.56. The van der Waals surface area contributed by atoms with Gasteiger partial charge in [0, 0.05) is 4.90 Å².